The van der Waals surface area contributed by atoms with Crippen molar-refractivity contribution in [3.8, 4) is 0 Å². The third-order valence-electron chi connectivity index (χ3n) is 1.60. The predicted molar refractivity (Wildman–Crippen MR) is 59.0 cm³/mol. The van der Waals surface area contributed by atoms with E-state index in [4.69, 9.17) is 5.73 Å². The largest absolute Gasteiger partial charge is 0.396 e. The second kappa shape index (κ2) is 4.41. The number of rotatable bonds is 2. The van der Waals surface area contributed by atoms with E-state index < -0.39 is 5.82 Å². The van der Waals surface area contributed by atoms with Gasteiger partial charge in [-0.15, -0.1) is 0 Å². The van der Waals surface area contributed by atoms with Crippen LogP contribution in [0, 0.1) is 5.82 Å². The smallest absolute Gasteiger partial charge is 0.150 e. The van der Waals surface area contributed by atoms with Crippen molar-refractivity contribution in [1.82, 2.24) is 9.88 Å². The van der Waals surface area contributed by atoms with Gasteiger partial charge < -0.3 is 10.6 Å². The van der Waals surface area contributed by atoms with Crippen LogP contribution in [0.4, 0.5) is 10.1 Å². The van der Waals surface area contributed by atoms with Crippen LogP contribution in [0.2, 0.25) is 0 Å². The SMILES string of the molecule is CN(C)/C=C/c1c(F)cnc(Br)c1N. The Bertz CT molecular complexity index is 363. The Hall–Kier alpha value is -1.10. The molecule has 0 amide bonds. The van der Waals surface area contributed by atoms with Crippen LogP contribution in [0.15, 0.2) is 17.0 Å². The van der Waals surface area contributed by atoms with Crippen molar-refractivity contribution in [3.05, 3.63) is 28.4 Å². The van der Waals surface area contributed by atoms with Gasteiger partial charge in [-0.05, 0) is 28.2 Å². The molecule has 0 aliphatic rings. The van der Waals surface area contributed by atoms with Gasteiger partial charge in [0.05, 0.1) is 11.9 Å². The zero-order chi connectivity index (χ0) is 10.7. The average Bonchev–Trinajstić information content (AvgIpc) is 2.11. The molecule has 0 unspecified atom stereocenters. The number of nitrogens with zero attached hydrogens (tertiary/aromatic N) is 2. The molecule has 14 heavy (non-hydrogen) atoms. The number of pyridine rings is 1. The van der Waals surface area contributed by atoms with Crippen LogP contribution in [-0.2, 0) is 0 Å². The standard InChI is InChI=1S/C9H11BrFN3/c1-14(2)4-3-6-7(11)5-13-9(10)8(6)12/h3-5H,12H2,1-2H3/b4-3+. The summed E-state index contributed by atoms with van der Waals surface area (Å²) >= 11 is 3.14. The van der Waals surface area contributed by atoms with E-state index in [9.17, 15) is 4.39 Å². The van der Waals surface area contributed by atoms with E-state index in [2.05, 4.69) is 20.9 Å². The Kier molecular flexibility index (Phi) is 3.46. The molecule has 0 saturated heterocycles. The van der Waals surface area contributed by atoms with E-state index in [1.54, 1.807) is 17.2 Å². The summed E-state index contributed by atoms with van der Waals surface area (Å²) in [5.74, 6) is -0.427. The molecule has 0 spiro atoms. The second-order valence-corrected chi connectivity index (χ2v) is 3.75. The third kappa shape index (κ3) is 2.45. The Balaban J connectivity index is 3.13. The number of hydrogen-bond donors (Lipinski definition) is 1. The molecule has 76 valence electrons. The van der Waals surface area contributed by atoms with E-state index in [0.717, 1.165) is 6.20 Å². The summed E-state index contributed by atoms with van der Waals surface area (Å²) in [4.78, 5) is 5.53. The fraction of sp³-hybridized carbons (Fsp3) is 0.222. The molecule has 0 aliphatic heterocycles. The fourth-order valence-electron chi connectivity index (χ4n) is 0.885. The number of halogens is 2. The molecule has 0 aromatic carbocycles. The molecular weight excluding hydrogens is 249 g/mol. The minimum absolute atomic E-state index is 0.308. The first-order valence-corrected chi connectivity index (χ1v) is 4.75. The summed E-state index contributed by atoms with van der Waals surface area (Å²) in [5, 5.41) is 0. The average molecular weight is 260 g/mol. The molecule has 2 N–H and O–H groups in total. The Labute approximate surface area is 90.6 Å². The highest BCUT2D eigenvalue weighted by Gasteiger charge is 2.07. The van der Waals surface area contributed by atoms with Crippen LogP contribution in [0.5, 0.6) is 0 Å². The molecule has 0 saturated carbocycles. The summed E-state index contributed by atoms with van der Waals surface area (Å²) in [6.45, 7) is 0. The van der Waals surface area contributed by atoms with Gasteiger partial charge in [-0.1, -0.05) is 0 Å². The molecule has 3 nitrogen and oxygen atoms in total. The molecule has 0 fully saturated rings. The topological polar surface area (TPSA) is 42.2 Å². The van der Waals surface area contributed by atoms with Crippen molar-refractivity contribution in [2.75, 3.05) is 19.8 Å². The number of nitrogen functional groups attached to an aromatic ring is 1. The third-order valence-corrected chi connectivity index (χ3v) is 2.23. The van der Waals surface area contributed by atoms with E-state index in [-0.39, 0.29) is 0 Å². The van der Waals surface area contributed by atoms with Gasteiger partial charge in [0.15, 0.2) is 5.82 Å². The highest BCUT2D eigenvalue weighted by molar-refractivity contribution is 9.10. The lowest BCUT2D eigenvalue weighted by atomic mass is 10.2. The van der Waals surface area contributed by atoms with Gasteiger partial charge in [-0.2, -0.15) is 0 Å². The van der Waals surface area contributed by atoms with Crippen molar-refractivity contribution < 1.29 is 4.39 Å². The molecule has 0 radical (unpaired) electrons. The minimum atomic E-state index is -0.427. The summed E-state index contributed by atoms with van der Waals surface area (Å²) < 4.78 is 13.7. The maximum absolute atomic E-state index is 13.2. The summed E-state index contributed by atoms with van der Waals surface area (Å²) in [5.41, 5.74) is 6.31. The fourth-order valence-corrected chi connectivity index (χ4v) is 1.20. The zero-order valence-corrected chi connectivity index (χ0v) is 9.55. The summed E-state index contributed by atoms with van der Waals surface area (Å²) in [6.07, 6.45) is 4.47. The van der Waals surface area contributed by atoms with E-state index in [1.807, 2.05) is 14.1 Å². The second-order valence-electron chi connectivity index (χ2n) is 3.00. The van der Waals surface area contributed by atoms with Crippen LogP contribution in [0.1, 0.15) is 5.56 Å². The Morgan fingerprint density at radius 1 is 1.57 bits per heavy atom. The van der Waals surface area contributed by atoms with Crippen molar-refractivity contribution in [2.24, 2.45) is 0 Å². The lowest BCUT2D eigenvalue weighted by molar-refractivity contribution is 0.566. The molecule has 1 aromatic rings. The number of hydrogen-bond acceptors (Lipinski definition) is 3. The molecule has 1 heterocycles. The van der Waals surface area contributed by atoms with Crippen LogP contribution in [0.3, 0.4) is 0 Å². The first-order valence-electron chi connectivity index (χ1n) is 3.96. The van der Waals surface area contributed by atoms with Gasteiger partial charge in [0.1, 0.15) is 4.60 Å². The summed E-state index contributed by atoms with van der Waals surface area (Å²) in [6, 6.07) is 0. The first-order chi connectivity index (χ1) is 6.52. The molecular formula is C9H11BrFN3. The van der Waals surface area contributed by atoms with Crippen molar-refractivity contribution in [3.63, 3.8) is 0 Å². The minimum Gasteiger partial charge on any atom is -0.396 e. The molecule has 0 bridgehead atoms. The highest BCUT2D eigenvalue weighted by Crippen LogP contribution is 2.24. The molecule has 0 atom stereocenters. The molecule has 5 heteroatoms. The first kappa shape index (κ1) is 11.0. The van der Waals surface area contributed by atoms with Crippen LogP contribution in [-0.4, -0.2) is 24.0 Å². The Morgan fingerprint density at radius 2 is 2.21 bits per heavy atom. The van der Waals surface area contributed by atoms with Crippen LogP contribution < -0.4 is 5.73 Å². The van der Waals surface area contributed by atoms with Gasteiger partial charge in [-0.3, -0.25) is 0 Å². The van der Waals surface area contributed by atoms with Crippen molar-refractivity contribution in [1.29, 1.82) is 0 Å². The van der Waals surface area contributed by atoms with Crippen LogP contribution in [0.25, 0.3) is 6.08 Å². The van der Waals surface area contributed by atoms with Gasteiger partial charge in [0.2, 0.25) is 0 Å². The lowest BCUT2D eigenvalue weighted by Crippen LogP contribution is -2.02. The van der Waals surface area contributed by atoms with E-state index >= 15 is 0 Å². The monoisotopic (exact) mass is 259 g/mol. The van der Waals surface area contributed by atoms with E-state index in [1.165, 1.54) is 0 Å². The zero-order valence-electron chi connectivity index (χ0n) is 7.96. The number of anilines is 1. The maximum Gasteiger partial charge on any atom is 0.150 e. The molecule has 1 aromatic heterocycles. The molecule has 1 rings (SSSR count). The number of aromatic nitrogens is 1. The van der Waals surface area contributed by atoms with Crippen molar-refractivity contribution >= 4 is 27.7 Å². The van der Waals surface area contributed by atoms with Crippen molar-refractivity contribution in [2.45, 2.75) is 0 Å². The van der Waals surface area contributed by atoms with E-state index in [0.29, 0.717) is 15.9 Å². The Morgan fingerprint density at radius 3 is 2.79 bits per heavy atom. The van der Waals surface area contributed by atoms with Gasteiger partial charge in [0, 0.05) is 19.7 Å². The molecule has 0 aliphatic carbocycles. The quantitative estimate of drug-likeness (QED) is 0.828. The van der Waals surface area contributed by atoms with Gasteiger partial charge in [0.25, 0.3) is 0 Å². The normalized spacial score (nSPS) is 10.9. The highest BCUT2D eigenvalue weighted by atomic mass is 79.9. The predicted octanol–water partition coefficient (Wildman–Crippen LogP) is 2.10. The van der Waals surface area contributed by atoms with Gasteiger partial charge >= 0.3 is 0 Å². The maximum atomic E-state index is 13.2. The van der Waals surface area contributed by atoms with Crippen LogP contribution >= 0.6 is 15.9 Å². The van der Waals surface area contributed by atoms with Gasteiger partial charge in [-0.25, -0.2) is 9.37 Å². The lowest BCUT2D eigenvalue weighted by Gasteiger charge is -2.06. The summed E-state index contributed by atoms with van der Waals surface area (Å²) in [7, 11) is 3.70. The number of nitrogens with two attached hydrogens (primary N) is 1.